The van der Waals surface area contributed by atoms with Gasteiger partial charge in [-0.25, -0.2) is 5.43 Å². The molecule has 0 aliphatic heterocycles. The highest BCUT2D eigenvalue weighted by Crippen LogP contribution is 2.27. The topological polar surface area (TPSA) is 89.0 Å². The third kappa shape index (κ3) is 6.24. The van der Waals surface area contributed by atoms with Gasteiger partial charge in [-0.05, 0) is 65.9 Å². The summed E-state index contributed by atoms with van der Waals surface area (Å²) in [6.45, 7) is 1.67. The predicted octanol–water partition coefficient (Wildman–Crippen LogP) is 3.44. The third-order valence-electron chi connectivity index (χ3n) is 3.52. The molecule has 0 bridgehead atoms. The monoisotopic (exact) mass is 481 g/mol. The van der Waals surface area contributed by atoms with Crippen LogP contribution in [0.3, 0.4) is 0 Å². The lowest BCUT2D eigenvalue weighted by Crippen LogP contribution is -2.21. The Morgan fingerprint density at radius 2 is 1.81 bits per heavy atom. The van der Waals surface area contributed by atoms with Crippen molar-refractivity contribution in [2.75, 3.05) is 19.5 Å². The first kappa shape index (κ1) is 20.7. The Hall–Kier alpha value is -2.62. The Morgan fingerprint density at radius 1 is 1.07 bits per heavy atom. The number of methoxy groups -OCH3 is 2. The zero-order chi connectivity index (χ0) is 19.8. The van der Waals surface area contributed by atoms with Gasteiger partial charge in [-0.2, -0.15) is 5.10 Å². The summed E-state index contributed by atoms with van der Waals surface area (Å²) in [5, 5.41) is 6.77. The summed E-state index contributed by atoms with van der Waals surface area (Å²) in [7, 11) is 3.01. The first-order chi connectivity index (χ1) is 12.9. The van der Waals surface area contributed by atoms with Crippen LogP contribution >= 0.6 is 22.6 Å². The zero-order valence-corrected chi connectivity index (χ0v) is 17.4. The molecular formula is C19H20IN3O4. The zero-order valence-electron chi connectivity index (χ0n) is 15.2. The van der Waals surface area contributed by atoms with E-state index in [0.717, 1.165) is 3.57 Å². The number of anilines is 1. The number of hydrogen-bond acceptors (Lipinski definition) is 5. The molecule has 0 spiro atoms. The molecule has 0 heterocycles. The number of ether oxygens (including phenoxy) is 2. The van der Waals surface area contributed by atoms with Crippen LogP contribution in [0.5, 0.6) is 11.5 Å². The molecule has 0 saturated heterocycles. The second-order valence-corrected chi connectivity index (χ2v) is 6.84. The molecule has 0 aliphatic carbocycles. The van der Waals surface area contributed by atoms with Crippen molar-refractivity contribution < 1.29 is 19.1 Å². The van der Waals surface area contributed by atoms with Crippen LogP contribution in [0, 0.1) is 3.57 Å². The van der Waals surface area contributed by atoms with E-state index in [-0.39, 0.29) is 12.3 Å². The number of halogens is 1. The minimum atomic E-state index is -0.409. The summed E-state index contributed by atoms with van der Waals surface area (Å²) >= 11 is 2.17. The first-order valence-corrected chi connectivity index (χ1v) is 9.11. The van der Waals surface area contributed by atoms with Gasteiger partial charge in [0.25, 0.3) is 5.91 Å². The maximum atomic E-state index is 12.2. The molecule has 8 heteroatoms. The highest BCUT2D eigenvalue weighted by molar-refractivity contribution is 14.1. The van der Waals surface area contributed by atoms with Crippen molar-refractivity contribution in [3.8, 4) is 11.5 Å². The Kier molecular flexibility index (Phi) is 7.59. The van der Waals surface area contributed by atoms with Gasteiger partial charge >= 0.3 is 0 Å². The number of benzene rings is 2. The van der Waals surface area contributed by atoms with Crippen LogP contribution in [0.4, 0.5) is 5.69 Å². The summed E-state index contributed by atoms with van der Waals surface area (Å²) in [5.41, 5.74) is 4.00. The van der Waals surface area contributed by atoms with E-state index in [1.807, 2.05) is 24.3 Å². The van der Waals surface area contributed by atoms with Gasteiger partial charge in [-0.15, -0.1) is 0 Å². The lowest BCUT2D eigenvalue weighted by atomic mass is 10.2. The number of hydrazone groups is 1. The molecule has 0 aromatic heterocycles. The van der Waals surface area contributed by atoms with Crippen LogP contribution in [-0.2, 0) is 4.79 Å². The molecule has 0 unspecified atom stereocenters. The number of amides is 2. The normalized spacial score (nSPS) is 10.9. The second-order valence-electron chi connectivity index (χ2n) is 5.59. The van der Waals surface area contributed by atoms with Gasteiger partial charge in [0, 0.05) is 20.5 Å². The van der Waals surface area contributed by atoms with Crippen molar-refractivity contribution >= 4 is 45.8 Å². The van der Waals surface area contributed by atoms with Crippen molar-refractivity contribution in [1.82, 2.24) is 5.43 Å². The van der Waals surface area contributed by atoms with Crippen molar-refractivity contribution in [2.45, 2.75) is 13.3 Å². The third-order valence-corrected chi connectivity index (χ3v) is 4.19. The van der Waals surface area contributed by atoms with Crippen molar-refractivity contribution in [3.05, 3.63) is 51.6 Å². The minimum Gasteiger partial charge on any atom is -0.493 e. The van der Waals surface area contributed by atoms with Crippen molar-refractivity contribution in [1.29, 1.82) is 0 Å². The molecule has 142 valence electrons. The predicted molar refractivity (Wildman–Crippen MR) is 113 cm³/mol. The summed E-state index contributed by atoms with van der Waals surface area (Å²) in [6.07, 6.45) is 0.0671. The summed E-state index contributed by atoms with van der Waals surface area (Å²) in [4.78, 5) is 24.3. The molecule has 2 rings (SSSR count). The molecule has 0 aliphatic rings. The second kappa shape index (κ2) is 9.91. The van der Waals surface area contributed by atoms with E-state index >= 15 is 0 Å². The summed E-state index contributed by atoms with van der Waals surface area (Å²) in [5.74, 6) is 0.357. The van der Waals surface area contributed by atoms with Crippen LogP contribution in [0.2, 0.25) is 0 Å². The highest BCUT2D eigenvalue weighted by atomic mass is 127. The van der Waals surface area contributed by atoms with Gasteiger partial charge in [0.15, 0.2) is 11.5 Å². The Bertz CT molecular complexity index is 868. The molecular weight excluding hydrogens is 461 g/mol. The fraction of sp³-hybridized carbons (Fsp3) is 0.211. The Morgan fingerprint density at radius 3 is 2.48 bits per heavy atom. The van der Waals surface area contributed by atoms with E-state index in [9.17, 15) is 9.59 Å². The average Bonchev–Trinajstić information content (AvgIpc) is 2.65. The fourth-order valence-electron chi connectivity index (χ4n) is 2.23. The average molecular weight is 481 g/mol. The Balaban J connectivity index is 1.94. The largest absolute Gasteiger partial charge is 0.493 e. The number of carbonyl (C=O) groups is 2. The van der Waals surface area contributed by atoms with Crippen LogP contribution in [0.25, 0.3) is 0 Å². The van der Waals surface area contributed by atoms with Crippen LogP contribution in [0.15, 0.2) is 47.6 Å². The van der Waals surface area contributed by atoms with Gasteiger partial charge in [-0.1, -0.05) is 6.07 Å². The van der Waals surface area contributed by atoms with Crippen LogP contribution in [-0.4, -0.2) is 31.7 Å². The van der Waals surface area contributed by atoms with E-state index in [4.69, 9.17) is 9.47 Å². The van der Waals surface area contributed by atoms with Gasteiger partial charge in [0.1, 0.15) is 0 Å². The van der Waals surface area contributed by atoms with Crippen LogP contribution < -0.4 is 20.2 Å². The molecule has 2 N–H and O–H groups in total. The van der Waals surface area contributed by atoms with Gasteiger partial charge < -0.3 is 14.8 Å². The molecule has 7 nitrogen and oxygen atoms in total. The minimum absolute atomic E-state index is 0.0671. The van der Waals surface area contributed by atoms with Gasteiger partial charge in [0.05, 0.1) is 20.6 Å². The van der Waals surface area contributed by atoms with E-state index in [1.165, 1.54) is 14.2 Å². The smallest absolute Gasteiger partial charge is 0.271 e. The number of nitrogens with zero attached hydrogens (tertiary/aromatic N) is 1. The highest BCUT2D eigenvalue weighted by Gasteiger charge is 2.11. The number of rotatable bonds is 7. The molecule has 27 heavy (non-hydrogen) atoms. The van der Waals surface area contributed by atoms with Gasteiger partial charge in [-0.3, -0.25) is 9.59 Å². The molecule has 2 aromatic rings. The maximum Gasteiger partial charge on any atom is 0.271 e. The summed E-state index contributed by atoms with van der Waals surface area (Å²) < 4.78 is 11.3. The molecule has 2 aromatic carbocycles. The summed E-state index contributed by atoms with van der Waals surface area (Å²) in [6, 6.07) is 12.3. The number of nitrogens with one attached hydrogen (secondary N) is 2. The standard InChI is InChI=1S/C19H20IN3O4/c1-12(9-18(24)21-15-6-4-5-14(20)11-15)22-23-19(25)13-7-8-16(26-2)17(10-13)27-3/h4-8,10-11H,9H2,1-3H3,(H,21,24)(H,23,25)/b22-12-. The van der Waals surface area contributed by atoms with E-state index in [2.05, 4.69) is 38.4 Å². The lowest BCUT2D eigenvalue weighted by Gasteiger charge is -2.09. The molecule has 0 saturated carbocycles. The van der Waals surface area contributed by atoms with E-state index in [0.29, 0.717) is 28.5 Å². The lowest BCUT2D eigenvalue weighted by molar-refractivity contribution is -0.115. The molecule has 0 radical (unpaired) electrons. The van der Waals surface area contributed by atoms with Gasteiger partial charge in [0.2, 0.25) is 5.91 Å². The quantitative estimate of drug-likeness (QED) is 0.360. The van der Waals surface area contributed by atoms with Crippen LogP contribution in [0.1, 0.15) is 23.7 Å². The fourth-order valence-corrected chi connectivity index (χ4v) is 2.77. The van der Waals surface area contributed by atoms with Crippen molar-refractivity contribution in [3.63, 3.8) is 0 Å². The van der Waals surface area contributed by atoms with E-state index in [1.54, 1.807) is 25.1 Å². The maximum absolute atomic E-state index is 12.2. The van der Waals surface area contributed by atoms with E-state index < -0.39 is 5.91 Å². The number of carbonyl (C=O) groups excluding carboxylic acids is 2. The molecule has 2 amide bonds. The van der Waals surface area contributed by atoms with Crippen molar-refractivity contribution in [2.24, 2.45) is 5.10 Å². The first-order valence-electron chi connectivity index (χ1n) is 8.04. The number of hydrogen-bond donors (Lipinski definition) is 2. The Labute approximate surface area is 171 Å². The molecule has 0 fully saturated rings. The molecule has 0 atom stereocenters. The SMILES string of the molecule is COc1ccc(C(=O)N/N=C(/C)CC(=O)Nc2cccc(I)c2)cc1OC.